The van der Waals surface area contributed by atoms with Gasteiger partial charge in [0.25, 0.3) is 0 Å². The Morgan fingerprint density at radius 2 is 1.93 bits per heavy atom. The van der Waals surface area contributed by atoms with Crippen LogP contribution in [0.2, 0.25) is 0 Å². The summed E-state index contributed by atoms with van der Waals surface area (Å²) in [7, 11) is 2.04. The summed E-state index contributed by atoms with van der Waals surface area (Å²) >= 11 is 3.62. The maximum Gasteiger partial charge on any atom is 0.0210 e. The minimum atomic E-state index is 0.388. The van der Waals surface area contributed by atoms with E-state index in [9.17, 15) is 0 Å². The summed E-state index contributed by atoms with van der Waals surface area (Å²) in [6, 6.07) is 9.13. The van der Waals surface area contributed by atoms with E-state index in [0.29, 0.717) is 17.4 Å². The van der Waals surface area contributed by atoms with Gasteiger partial charge < -0.3 is 5.32 Å². The molecule has 0 saturated heterocycles. The molecule has 2 unspecified atom stereocenters. The molecule has 2 heteroatoms. The molecule has 0 heterocycles. The SMILES string of the molecule is CNC1C(c2ccccc2Br)C1(C)C. The van der Waals surface area contributed by atoms with Gasteiger partial charge in [-0.05, 0) is 24.1 Å². The lowest BCUT2D eigenvalue weighted by molar-refractivity contribution is 0.567. The van der Waals surface area contributed by atoms with Crippen LogP contribution >= 0.6 is 15.9 Å². The maximum absolute atomic E-state index is 3.62. The second-order valence-electron chi connectivity index (χ2n) is 4.59. The van der Waals surface area contributed by atoms with Crippen LogP contribution in [0.15, 0.2) is 28.7 Å². The van der Waals surface area contributed by atoms with Gasteiger partial charge >= 0.3 is 0 Å². The van der Waals surface area contributed by atoms with Gasteiger partial charge in [0.2, 0.25) is 0 Å². The third-order valence-electron chi connectivity index (χ3n) is 3.38. The van der Waals surface area contributed by atoms with Crippen molar-refractivity contribution in [2.24, 2.45) is 5.41 Å². The van der Waals surface area contributed by atoms with Crippen LogP contribution in [0.4, 0.5) is 0 Å². The zero-order chi connectivity index (χ0) is 10.3. The Balaban J connectivity index is 2.31. The smallest absolute Gasteiger partial charge is 0.0210 e. The molecule has 1 aromatic rings. The van der Waals surface area contributed by atoms with E-state index in [0.717, 1.165) is 0 Å². The molecule has 0 aromatic heterocycles. The van der Waals surface area contributed by atoms with Crippen molar-refractivity contribution in [1.82, 2.24) is 5.32 Å². The van der Waals surface area contributed by atoms with E-state index >= 15 is 0 Å². The van der Waals surface area contributed by atoms with Crippen molar-refractivity contribution in [3.05, 3.63) is 34.3 Å². The van der Waals surface area contributed by atoms with E-state index in [1.165, 1.54) is 10.0 Å². The molecule has 1 N–H and O–H groups in total. The first kappa shape index (κ1) is 10.2. The molecule has 0 spiro atoms. The molecule has 2 atom stereocenters. The molecule has 1 nitrogen and oxygen atoms in total. The lowest BCUT2D eigenvalue weighted by atomic mass is 10.0. The maximum atomic E-state index is 3.62. The molecule has 1 fully saturated rings. The van der Waals surface area contributed by atoms with Crippen molar-refractivity contribution in [2.45, 2.75) is 25.8 Å². The highest BCUT2D eigenvalue weighted by Gasteiger charge is 2.57. The van der Waals surface area contributed by atoms with E-state index in [1.807, 2.05) is 7.05 Å². The summed E-state index contributed by atoms with van der Waals surface area (Å²) < 4.78 is 1.23. The summed E-state index contributed by atoms with van der Waals surface area (Å²) in [5, 5.41) is 3.38. The van der Waals surface area contributed by atoms with Crippen LogP contribution in [0.25, 0.3) is 0 Å². The van der Waals surface area contributed by atoms with Gasteiger partial charge in [-0.1, -0.05) is 48.0 Å². The highest BCUT2D eigenvalue weighted by Crippen LogP contribution is 2.59. The Morgan fingerprint density at radius 1 is 1.29 bits per heavy atom. The van der Waals surface area contributed by atoms with Gasteiger partial charge in [0.05, 0.1) is 0 Å². The average Bonchev–Trinajstić information content (AvgIpc) is 2.69. The fourth-order valence-electron chi connectivity index (χ4n) is 2.48. The molecule has 14 heavy (non-hydrogen) atoms. The monoisotopic (exact) mass is 253 g/mol. The Kier molecular flexibility index (Phi) is 2.44. The van der Waals surface area contributed by atoms with Crippen LogP contribution in [-0.2, 0) is 0 Å². The van der Waals surface area contributed by atoms with Crippen molar-refractivity contribution in [2.75, 3.05) is 7.05 Å². The van der Waals surface area contributed by atoms with E-state index in [-0.39, 0.29) is 0 Å². The van der Waals surface area contributed by atoms with Crippen LogP contribution in [0, 0.1) is 5.41 Å². The fraction of sp³-hybridized carbons (Fsp3) is 0.500. The van der Waals surface area contributed by atoms with Gasteiger partial charge in [-0.3, -0.25) is 0 Å². The topological polar surface area (TPSA) is 12.0 Å². The molecular formula is C12H16BrN. The highest BCUT2D eigenvalue weighted by atomic mass is 79.9. The summed E-state index contributed by atoms with van der Waals surface area (Å²) in [4.78, 5) is 0. The predicted octanol–water partition coefficient (Wildman–Crippen LogP) is 3.16. The summed E-state index contributed by atoms with van der Waals surface area (Å²) in [5.74, 6) is 0.642. The Hall–Kier alpha value is -0.340. The average molecular weight is 254 g/mol. The van der Waals surface area contributed by atoms with Gasteiger partial charge in [-0.25, -0.2) is 0 Å². The van der Waals surface area contributed by atoms with Crippen molar-refractivity contribution in [3.63, 3.8) is 0 Å². The molecule has 1 saturated carbocycles. The van der Waals surface area contributed by atoms with Gasteiger partial charge in [0.15, 0.2) is 0 Å². The molecule has 0 amide bonds. The number of hydrogen-bond donors (Lipinski definition) is 1. The molecule has 1 aliphatic rings. The number of benzene rings is 1. The van der Waals surface area contributed by atoms with Gasteiger partial charge in [-0.15, -0.1) is 0 Å². The van der Waals surface area contributed by atoms with Crippen molar-refractivity contribution < 1.29 is 0 Å². The van der Waals surface area contributed by atoms with Crippen LogP contribution in [-0.4, -0.2) is 13.1 Å². The zero-order valence-electron chi connectivity index (χ0n) is 8.84. The van der Waals surface area contributed by atoms with E-state index in [1.54, 1.807) is 0 Å². The fourth-order valence-corrected chi connectivity index (χ4v) is 3.02. The number of hydrogen-bond acceptors (Lipinski definition) is 1. The summed E-state index contributed by atoms with van der Waals surface area (Å²) in [6.45, 7) is 4.64. The normalized spacial score (nSPS) is 28.9. The highest BCUT2D eigenvalue weighted by molar-refractivity contribution is 9.10. The number of halogens is 1. The van der Waals surface area contributed by atoms with Gasteiger partial charge in [0.1, 0.15) is 0 Å². The first-order valence-electron chi connectivity index (χ1n) is 5.00. The second-order valence-corrected chi connectivity index (χ2v) is 5.44. The summed E-state index contributed by atoms with van der Waals surface area (Å²) in [5.41, 5.74) is 1.82. The van der Waals surface area contributed by atoms with Crippen molar-refractivity contribution in [3.8, 4) is 0 Å². The third-order valence-corrected chi connectivity index (χ3v) is 4.10. The Bertz CT molecular complexity index is 346. The summed E-state index contributed by atoms with van der Waals surface area (Å²) in [6.07, 6.45) is 0. The molecule has 1 aromatic carbocycles. The number of likely N-dealkylation sites (N-methyl/N-ethyl adjacent to an activating group) is 1. The van der Waals surface area contributed by atoms with Crippen molar-refractivity contribution >= 4 is 15.9 Å². The number of nitrogens with one attached hydrogen (secondary N) is 1. The van der Waals surface area contributed by atoms with Gasteiger partial charge in [0, 0.05) is 16.4 Å². The van der Waals surface area contributed by atoms with Crippen LogP contribution in [0.1, 0.15) is 25.3 Å². The molecule has 2 rings (SSSR count). The molecule has 0 bridgehead atoms. The van der Waals surface area contributed by atoms with Crippen LogP contribution in [0.5, 0.6) is 0 Å². The second kappa shape index (κ2) is 3.35. The molecule has 0 aliphatic heterocycles. The molecule has 0 radical (unpaired) electrons. The first-order chi connectivity index (χ1) is 6.59. The first-order valence-corrected chi connectivity index (χ1v) is 5.80. The minimum Gasteiger partial charge on any atom is -0.316 e. The standard InChI is InChI=1S/C12H16BrN/c1-12(2)10(11(12)14-3)8-6-4-5-7-9(8)13/h4-7,10-11,14H,1-3H3. The molecule has 1 aliphatic carbocycles. The largest absolute Gasteiger partial charge is 0.316 e. The van der Waals surface area contributed by atoms with E-state index in [2.05, 4.69) is 59.4 Å². The zero-order valence-corrected chi connectivity index (χ0v) is 10.4. The van der Waals surface area contributed by atoms with Gasteiger partial charge in [-0.2, -0.15) is 0 Å². The number of rotatable bonds is 2. The Labute approximate surface area is 94.0 Å². The minimum absolute atomic E-state index is 0.388. The van der Waals surface area contributed by atoms with E-state index in [4.69, 9.17) is 0 Å². The quantitative estimate of drug-likeness (QED) is 0.854. The van der Waals surface area contributed by atoms with Crippen LogP contribution in [0.3, 0.4) is 0 Å². The van der Waals surface area contributed by atoms with E-state index < -0.39 is 0 Å². The molecular weight excluding hydrogens is 238 g/mol. The predicted molar refractivity (Wildman–Crippen MR) is 63.5 cm³/mol. The Morgan fingerprint density at radius 3 is 2.43 bits per heavy atom. The van der Waals surface area contributed by atoms with Crippen LogP contribution < -0.4 is 5.32 Å². The third kappa shape index (κ3) is 1.41. The lowest BCUT2D eigenvalue weighted by Gasteiger charge is -2.04. The van der Waals surface area contributed by atoms with Crippen molar-refractivity contribution in [1.29, 1.82) is 0 Å². The molecule has 76 valence electrons. The lowest BCUT2D eigenvalue weighted by Crippen LogP contribution is -2.14.